The molecular weight excluding hydrogens is 412 g/mol. The van der Waals surface area contributed by atoms with Crippen molar-refractivity contribution in [3.8, 4) is 16.9 Å². The lowest BCUT2D eigenvalue weighted by Gasteiger charge is -2.12. The molecule has 0 aliphatic heterocycles. The highest BCUT2D eigenvalue weighted by Crippen LogP contribution is 2.30. The van der Waals surface area contributed by atoms with Crippen molar-refractivity contribution >= 4 is 22.6 Å². The number of urea groups is 1. The molecule has 2 N–H and O–H groups in total. The van der Waals surface area contributed by atoms with Crippen molar-refractivity contribution in [3.05, 3.63) is 96.3 Å². The van der Waals surface area contributed by atoms with Crippen LogP contribution in [-0.4, -0.2) is 25.6 Å². The molecule has 0 bridgehead atoms. The minimum atomic E-state index is -0.291. The minimum Gasteiger partial charge on any atom is -0.334 e. The smallest absolute Gasteiger partial charge is 0.320 e. The Morgan fingerprint density at radius 1 is 0.970 bits per heavy atom. The molecule has 0 aliphatic rings. The van der Waals surface area contributed by atoms with E-state index in [-0.39, 0.29) is 6.03 Å². The first-order valence-corrected chi connectivity index (χ1v) is 10.8. The molecule has 33 heavy (non-hydrogen) atoms. The highest BCUT2D eigenvalue weighted by Gasteiger charge is 2.20. The van der Waals surface area contributed by atoms with Crippen LogP contribution in [0.5, 0.6) is 0 Å². The van der Waals surface area contributed by atoms with Gasteiger partial charge in [-0.2, -0.15) is 10.2 Å². The number of anilines is 1. The number of benzene rings is 3. The average molecular weight is 437 g/mol. The lowest BCUT2D eigenvalue weighted by molar-refractivity contribution is 0.251. The van der Waals surface area contributed by atoms with Gasteiger partial charge in [-0.25, -0.2) is 9.48 Å². The molecule has 0 fully saturated rings. The van der Waals surface area contributed by atoms with E-state index in [1.807, 2.05) is 74.8 Å². The second kappa shape index (κ2) is 8.63. The number of nitrogens with one attached hydrogen (secondary N) is 2. The standard InChI is InChI=1S/C26H24N6O/c1-18-24(21-16-28-31(2)17-21)30-32(22-12-4-3-5-13-22)25(18)29-26(33)27-15-20-11-8-10-19-9-6-7-14-23(19)20/h3-14,16-17H,15H2,1-2H3,(H2,27,29,33). The molecule has 0 radical (unpaired) electrons. The lowest BCUT2D eigenvalue weighted by atomic mass is 10.0. The number of para-hydroxylation sites is 1. The number of hydrogen-bond donors (Lipinski definition) is 2. The van der Waals surface area contributed by atoms with Gasteiger partial charge in [0.15, 0.2) is 0 Å². The van der Waals surface area contributed by atoms with Gasteiger partial charge in [0, 0.05) is 30.9 Å². The second-order valence-corrected chi connectivity index (χ2v) is 7.92. The largest absolute Gasteiger partial charge is 0.334 e. The van der Waals surface area contributed by atoms with E-state index in [1.54, 1.807) is 15.6 Å². The van der Waals surface area contributed by atoms with Crippen molar-refractivity contribution in [1.29, 1.82) is 0 Å². The first kappa shape index (κ1) is 20.5. The molecule has 0 atom stereocenters. The summed E-state index contributed by atoms with van der Waals surface area (Å²) < 4.78 is 3.50. The van der Waals surface area contributed by atoms with E-state index in [1.165, 1.54) is 0 Å². The molecule has 0 aliphatic carbocycles. The number of hydrogen-bond acceptors (Lipinski definition) is 3. The first-order valence-electron chi connectivity index (χ1n) is 10.8. The van der Waals surface area contributed by atoms with Crippen molar-refractivity contribution in [2.45, 2.75) is 13.5 Å². The highest BCUT2D eigenvalue weighted by atomic mass is 16.2. The van der Waals surface area contributed by atoms with E-state index in [4.69, 9.17) is 5.10 Å². The molecule has 5 aromatic rings. The summed E-state index contributed by atoms with van der Waals surface area (Å²) >= 11 is 0. The summed E-state index contributed by atoms with van der Waals surface area (Å²) in [6, 6.07) is 23.7. The second-order valence-electron chi connectivity index (χ2n) is 7.92. The van der Waals surface area contributed by atoms with Crippen LogP contribution in [0.15, 0.2) is 85.2 Å². The van der Waals surface area contributed by atoms with E-state index in [0.29, 0.717) is 12.4 Å². The third-order valence-electron chi connectivity index (χ3n) is 5.65. The van der Waals surface area contributed by atoms with Crippen molar-refractivity contribution in [2.75, 3.05) is 5.32 Å². The van der Waals surface area contributed by atoms with Gasteiger partial charge in [-0.1, -0.05) is 60.7 Å². The molecule has 7 heteroatoms. The number of aromatic nitrogens is 4. The normalized spacial score (nSPS) is 11.0. The molecule has 0 unspecified atom stereocenters. The zero-order chi connectivity index (χ0) is 22.8. The summed E-state index contributed by atoms with van der Waals surface area (Å²) in [7, 11) is 1.87. The molecular formula is C26H24N6O. The van der Waals surface area contributed by atoms with Crippen LogP contribution in [0.2, 0.25) is 0 Å². The summed E-state index contributed by atoms with van der Waals surface area (Å²) in [6.45, 7) is 2.37. The molecule has 164 valence electrons. The predicted octanol–water partition coefficient (Wildman–Crippen LogP) is 5.06. The zero-order valence-electron chi connectivity index (χ0n) is 18.5. The summed E-state index contributed by atoms with van der Waals surface area (Å²) in [6.07, 6.45) is 3.68. The number of carbonyl (C=O) groups is 1. The molecule has 0 saturated carbocycles. The van der Waals surface area contributed by atoms with Crippen molar-refractivity contribution in [3.63, 3.8) is 0 Å². The fourth-order valence-electron chi connectivity index (χ4n) is 3.99. The Kier molecular flexibility index (Phi) is 5.36. The number of amides is 2. The Morgan fingerprint density at radius 2 is 1.73 bits per heavy atom. The summed E-state index contributed by atoms with van der Waals surface area (Å²) in [5.74, 6) is 0.621. The summed E-state index contributed by atoms with van der Waals surface area (Å²) in [4.78, 5) is 12.9. The van der Waals surface area contributed by atoms with Crippen LogP contribution in [0.25, 0.3) is 27.7 Å². The van der Waals surface area contributed by atoms with Crippen LogP contribution in [0.4, 0.5) is 10.6 Å². The van der Waals surface area contributed by atoms with E-state index < -0.39 is 0 Å². The molecule has 2 aromatic heterocycles. The Labute approximate surface area is 191 Å². The Bertz CT molecular complexity index is 1430. The number of nitrogens with zero attached hydrogens (tertiary/aromatic N) is 4. The van der Waals surface area contributed by atoms with Gasteiger partial charge in [-0.3, -0.25) is 10.00 Å². The first-order chi connectivity index (χ1) is 16.1. The average Bonchev–Trinajstić information content (AvgIpc) is 3.41. The Hall–Kier alpha value is -4.39. The fourth-order valence-corrected chi connectivity index (χ4v) is 3.99. The van der Waals surface area contributed by atoms with Gasteiger partial charge in [0.1, 0.15) is 11.5 Å². The van der Waals surface area contributed by atoms with Gasteiger partial charge in [0.05, 0.1) is 11.9 Å². The van der Waals surface area contributed by atoms with Gasteiger partial charge in [-0.05, 0) is 35.4 Å². The SMILES string of the molecule is Cc1c(-c2cnn(C)c2)nn(-c2ccccc2)c1NC(=O)NCc1cccc2ccccc12. The maximum absolute atomic E-state index is 12.9. The van der Waals surface area contributed by atoms with Crippen LogP contribution in [0.1, 0.15) is 11.1 Å². The highest BCUT2D eigenvalue weighted by molar-refractivity contribution is 5.91. The third kappa shape index (κ3) is 4.08. The summed E-state index contributed by atoms with van der Waals surface area (Å²) in [5.41, 5.74) is 4.46. The van der Waals surface area contributed by atoms with Gasteiger partial charge in [0.2, 0.25) is 0 Å². The zero-order valence-corrected chi connectivity index (χ0v) is 18.5. The number of fused-ring (bicyclic) bond motifs is 1. The quantitative estimate of drug-likeness (QED) is 0.404. The lowest BCUT2D eigenvalue weighted by Crippen LogP contribution is -2.29. The Morgan fingerprint density at radius 3 is 2.52 bits per heavy atom. The fraction of sp³-hybridized carbons (Fsp3) is 0.115. The predicted molar refractivity (Wildman–Crippen MR) is 130 cm³/mol. The van der Waals surface area contributed by atoms with Gasteiger partial charge < -0.3 is 5.32 Å². The Balaban J connectivity index is 1.43. The molecule has 2 heterocycles. The van der Waals surface area contributed by atoms with E-state index >= 15 is 0 Å². The van der Waals surface area contributed by atoms with Crippen molar-refractivity contribution in [2.24, 2.45) is 7.05 Å². The monoisotopic (exact) mass is 436 g/mol. The third-order valence-corrected chi connectivity index (χ3v) is 5.65. The minimum absolute atomic E-state index is 0.291. The van der Waals surface area contributed by atoms with Gasteiger partial charge in [-0.15, -0.1) is 0 Å². The van der Waals surface area contributed by atoms with Gasteiger partial charge >= 0.3 is 6.03 Å². The maximum atomic E-state index is 12.9. The van der Waals surface area contributed by atoms with E-state index in [9.17, 15) is 4.79 Å². The van der Waals surface area contributed by atoms with E-state index in [2.05, 4.69) is 33.9 Å². The maximum Gasteiger partial charge on any atom is 0.320 e. The molecule has 5 rings (SSSR count). The molecule has 2 amide bonds. The van der Waals surface area contributed by atoms with Crippen LogP contribution in [-0.2, 0) is 13.6 Å². The number of rotatable bonds is 5. The van der Waals surface area contributed by atoms with Crippen molar-refractivity contribution < 1.29 is 4.79 Å². The van der Waals surface area contributed by atoms with Crippen LogP contribution in [0, 0.1) is 6.92 Å². The molecule has 0 saturated heterocycles. The van der Waals surface area contributed by atoms with Crippen LogP contribution < -0.4 is 10.6 Å². The van der Waals surface area contributed by atoms with Gasteiger partial charge in [0.25, 0.3) is 0 Å². The van der Waals surface area contributed by atoms with Crippen LogP contribution in [0.3, 0.4) is 0 Å². The summed E-state index contributed by atoms with van der Waals surface area (Å²) in [5, 5.41) is 17.3. The topological polar surface area (TPSA) is 76.8 Å². The van der Waals surface area contributed by atoms with Crippen LogP contribution >= 0.6 is 0 Å². The number of carbonyl (C=O) groups excluding carboxylic acids is 1. The van der Waals surface area contributed by atoms with E-state index in [0.717, 1.165) is 38.8 Å². The molecule has 3 aromatic carbocycles. The van der Waals surface area contributed by atoms with Crippen molar-refractivity contribution in [1.82, 2.24) is 24.9 Å². The molecule has 7 nitrogen and oxygen atoms in total. The molecule has 0 spiro atoms. The number of aryl methyl sites for hydroxylation is 1.